The first-order valence-corrected chi connectivity index (χ1v) is 7.87. The van der Waals surface area contributed by atoms with Crippen LogP contribution in [0, 0.1) is 18.3 Å². The predicted octanol–water partition coefficient (Wildman–Crippen LogP) is 3.92. The second kappa shape index (κ2) is 6.49. The Morgan fingerprint density at radius 2 is 2.19 bits per heavy atom. The number of nitrogens with one attached hydrogen (secondary N) is 1. The van der Waals surface area contributed by atoms with E-state index >= 15 is 0 Å². The summed E-state index contributed by atoms with van der Waals surface area (Å²) in [7, 11) is 1.87. The standard InChI is InChI=1S/C18H26N2O/c1-13(2)15-8-7-14(3)17(10-15)21-16-6-5-9-18(11-16,12-19)20-4/h7-8,10,13,16,20H,5-6,9,11H2,1-4H3. The zero-order valence-corrected chi connectivity index (χ0v) is 13.6. The molecule has 21 heavy (non-hydrogen) atoms. The third-order valence-corrected chi connectivity index (χ3v) is 4.57. The van der Waals surface area contributed by atoms with E-state index in [9.17, 15) is 5.26 Å². The molecule has 0 bridgehead atoms. The third-order valence-electron chi connectivity index (χ3n) is 4.57. The van der Waals surface area contributed by atoms with Crippen molar-refractivity contribution in [3.8, 4) is 11.8 Å². The quantitative estimate of drug-likeness (QED) is 0.912. The number of nitrogens with zero attached hydrogens (tertiary/aromatic N) is 1. The average molecular weight is 286 g/mol. The van der Waals surface area contributed by atoms with Gasteiger partial charge in [0.25, 0.3) is 0 Å². The molecule has 1 aromatic rings. The van der Waals surface area contributed by atoms with Crippen molar-refractivity contribution >= 4 is 0 Å². The number of aryl methyl sites for hydroxylation is 1. The van der Waals surface area contributed by atoms with Crippen molar-refractivity contribution in [2.75, 3.05) is 7.05 Å². The fraction of sp³-hybridized carbons (Fsp3) is 0.611. The van der Waals surface area contributed by atoms with Gasteiger partial charge in [-0.3, -0.25) is 0 Å². The molecule has 2 unspecified atom stereocenters. The lowest BCUT2D eigenvalue weighted by Gasteiger charge is -2.35. The van der Waals surface area contributed by atoms with E-state index in [0.717, 1.165) is 37.0 Å². The van der Waals surface area contributed by atoms with Crippen LogP contribution in [-0.4, -0.2) is 18.7 Å². The second-order valence-electron chi connectivity index (χ2n) is 6.46. The molecule has 1 N–H and O–H groups in total. The summed E-state index contributed by atoms with van der Waals surface area (Å²) in [5, 5.41) is 12.6. The van der Waals surface area contributed by atoms with Crippen molar-refractivity contribution in [1.29, 1.82) is 5.26 Å². The van der Waals surface area contributed by atoms with Gasteiger partial charge in [-0.05, 0) is 56.3 Å². The number of nitriles is 1. The van der Waals surface area contributed by atoms with Crippen molar-refractivity contribution in [1.82, 2.24) is 5.32 Å². The van der Waals surface area contributed by atoms with E-state index in [1.165, 1.54) is 5.56 Å². The fourth-order valence-corrected chi connectivity index (χ4v) is 2.99. The number of ether oxygens (including phenoxy) is 1. The van der Waals surface area contributed by atoms with Crippen LogP contribution in [0.25, 0.3) is 0 Å². The summed E-state index contributed by atoms with van der Waals surface area (Å²) in [5.41, 5.74) is 2.04. The first kappa shape index (κ1) is 15.9. The van der Waals surface area contributed by atoms with Crippen LogP contribution >= 0.6 is 0 Å². The van der Waals surface area contributed by atoms with Crippen LogP contribution in [0.1, 0.15) is 56.6 Å². The molecule has 0 radical (unpaired) electrons. The predicted molar refractivity (Wildman–Crippen MR) is 85.6 cm³/mol. The summed E-state index contributed by atoms with van der Waals surface area (Å²) >= 11 is 0. The van der Waals surface area contributed by atoms with Crippen LogP contribution in [0.2, 0.25) is 0 Å². The van der Waals surface area contributed by atoms with Gasteiger partial charge in [0.15, 0.2) is 0 Å². The van der Waals surface area contributed by atoms with Crippen LogP contribution in [0.15, 0.2) is 18.2 Å². The zero-order valence-electron chi connectivity index (χ0n) is 13.6. The van der Waals surface area contributed by atoms with Crippen molar-refractivity contribution < 1.29 is 4.74 Å². The Bertz CT molecular complexity index is 533. The summed E-state index contributed by atoms with van der Waals surface area (Å²) in [5.74, 6) is 1.46. The van der Waals surface area contributed by atoms with Crippen LogP contribution in [0.4, 0.5) is 0 Å². The van der Waals surface area contributed by atoms with E-state index < -0.39 is 5.54 Å². The molecule has 2 rings (SSSR count). The summed E-state index contributed by atoms with van der Waals surface area (Å²) in [6.07, 6.45) is 3.83. The van der Waals surface area contributed by atoms with E-state index in [0.29, 0.717) is 5.92 Å². The molecule has 0 heterocycles. The minimum Gasteiger partial charge on any atom is -0.490 e. The van der Waals surface area contributed by atoms with Crippen LogP contribution < -0.4 is 10.1 Å². The Morgan fingerprint density at radius 3 is 2.81 bits per heavy atom. The summed E-state index contributed by atoms with van der Waals surface area (Å²) in [6.45, 7) is 6.46. The first-order chi connectivity index (χ1) is 9.99. The molecule has 1 aliphatic rings. The van der Waals surface area contributed by atoms with Crippen molar-refractivity contribution in [3.05, 3.63) is 29.3 Å². The molecule has 2 atom stereocenters. The second-order valence-corrected chi connectivity index (χ2v) is 6.46. The molecular formula is C18H26N2O. The van der Waals surface area contributed by atoms with Crippen LogP contribution in [0.3, 0.4) is 0 Å². The minimum atomic E-state index is -0.424. The van der Waals surface area contributed by atoms with Gasteiger partial charge in [0.05, 0.1) is 6.07 Å². The Hall–Kier alpha value is -1.53. The van der Waals surface area contributed by atoms with Gasteiger partial charge in [-0.25, -0.2) is 0 Å². The SMILES string of the molecule is CNC1(C#N)CCCC(Oc2cc(C(C)C)ccc2C)C1. The molecule has 0 saturated heterocycles. The largest absolute Gasteiger partial charge is 0.490 e. The highest BCUT2D eigenvalue weighted by molar-refractivity contribution is 5.38. The van der Waals surface area contributed by atoms with Gasteiger partial charge >= 0.3 is 0 Å². The molecule has 1 aliphatic carbocycles. The van der Waals surface area contributed by atoms with E-state index in [4.69, 9.17) is 4.74 Å². The van der Waals surface area contributed by atoms with Gasteiger partial charge in [0.2, 0.25) is 0 Å². The maximum Gasteiger partial charge on any atom is 0.122 e. The van der Waals surface area contributed by atoms with Crippen LogP contribution in [0.5, 0.6) is 5.75 Å². The molecule has 0 amide bonds. The topological polar surface area (TPSA) is 45.0 Å². The monoisotopic (exact) mass is 286 g/mol. The van der Waals surface area contributed by atoms with Gasteiger partial charge < -0.3 is 10.1 Å². The molecule has 114 valence electrons. The van der Waals surface area contributed by atoms with E-state index in [-0.39, 0.29) is 6.10 Å². The lowest BCUT2D eigenvalue weighted by atomic mass is 9.81. The smallest absolute Gasteiger partial charge is 0.122 e. The van der Waals surface area contributed by atoms with Crippen molar-refractivity contribution in [3.63, 3.8) is 0 Å². The molecule has 1 fully saturated rings. The molecule has 0 spiro atoms. The highest BCUT2D eigenvalue weighted by Crippen LogP contribution is 2.32. The maximum absolute atomic E-state index is 9.43. The lowest BCUT2D eigenvalue weighted by molar-refractivity contribution is 0.115. The van der Waals surface area contributed by atoms with E-state index in [2.05, 4.69) is 50.4 Å². The summed E-state index contributed by atoms with van der Waals surface area (Å²) < 4.78 is 6.24. The normalized spacial score (nSPS) is 25.6. The molecule has 0 aliphatic heterocycles. The first-order valence-electron chi connectivity index (χ1n) is 7.87. The van der Waals surface area contributed by atoms with Crippen molar-refractivity contribution in [2.24, 2.45) is 0 Å². The van der Waals surface area contributed by atoms with E-state index in [1.54, 1.807) is 0 Å². The Morgan fingerprint density at radius 1 is 1.43 bits per heavy atom. The molecule has 3 heteroatoms. The highest BCUT2D eigenvalue weighted by atomic mass is 16.5. The third kappa shape index (κ3) is 3.57. The van der Waals surface area contributed by atoms with E-state index in [1.807, 2.05) is 7.05 Å². The number of rotatable bonds is 4. The summed E-state index contributed by atoms with van der Waals surface area (Å²) in [4.78, 5) is 0. The maximum atomic E-state index is 9.43. The van der Waals surface area contributed by atoms with Gasteiger partial charge in [-0.2, -0.15) is 5.26 Å². The molecule has 1 aromatic carbocycles. The van der Waals surface area contributed by atoms with Gasteiger partial charge in [0.1, 0.15) is 17.4 Å². The van der Waals surface area contributed by atoms with Gasteiger partial charge in [-0.15, -0.1) is 0 Å². The highest BCUT2D eigenvalue weighted by Gasteiger charge is 2.36. The zero-order chi connectivity index (χ0) is 15.5. The molecule has 3 nitrogen and oxygen atoms in total. The van der Waals surface area contributed by atoms with Gasteiger partial charge in [-0.1, -0.05) is 26.0 Å². The van der Waals surface area contributed by atoms with Crippen LogP contribution in [-0.2, 0) is 0 Å². The number of benzene rings is 1. The molecule has 1 saturated carbocycles. The van der Waals surface area contributed by atoms with Gasteiger partial charge in [0, 0.05) is 6.42 Å². The molecular weight excluding hydrogens is 260 g/mol. The van der Waals surface area contributed by atoms with Crippen molar-refractivity contribution in [2.45, 2.75) is 64.0 Å². The molecule has 0 aromatic heterocycles. The summed E-state index contributed by atoms with van der Waals surface area (Å²) in [6, 6.07) is 8.89. The number of hydrogen-bond acceptors (Lipinski definition) is 3. The lowest BCUT2D eigenvalue weighted by Crippen LogP contribution is -2.48. The minimum absolute atomic E-state index is 0.118. The Labute approximate surface area is 128 Å². The fourth-order valence-electron chi connectivity index (χ4n) is 2.99. The Balaban J connectivity index is 2.15. The average Bonchev–Trinajstić information content (AvgIpc) is 2.49. The number of hydrogen-bond donors (Lipinski definition) is 1. The Kier molecular flexibility index (Phi) is 4.90.